The molecule has 56 valence electrons. The number of hydrogen-bond donors (Lipinski definition) is 1. The predicted molar refractivity (Wildman–Crippen MR) is 43.1 cm³/mol. The summed E-state index contributed by atoms with van der Waals surface area (Å²) >= 11 is 5.84. The van der Waals surface area contributed by atoms with Crippen LogP contribution in [0.3, 0.4) is 0 Å². The number of alkyl halides is 1. The predicted octanol–water partition coefficient (Wildman–Crippen LogP) is 2.00. The second-order valence-corrected chi connectivity index (χ2v) is 2.83. The van der Waals surface area contributed by atoms with Crippen molar-refractivity contribution in [3.05, 3.63) is 0 Å². The van der Waals surface area contributed by atoms with Crippen LogP contribution in [0.2, 0.25) is 0 Å². The monoisotopic (exact) mass is 149 g/mol. The van der Waals surface area contributed by atoms with E-state index in [-0.39, 0.29) is 0 Å². The standard InChI is InChI=1S/C7H16ClN/c1-3-5-9-6-7(8)4-2/h7,9H,3-6H2,1-2H3. The molecule has 0 amide bonds. The third-order valence-electron chi connectivity index (χ3n) is 1.24. The Labute approximate surface area is 62.8 Å². The molecular formula is C7H16ClN. The molecule has 0 aromatic carbocycles. The lowest BCUT2D eigenvalue weighted by molar-refractivity contribution is 0.638. The zero-order valence-electron chi connectivity index (χ0n) is 6.28. The van der Waals surface area contributed by atoms with Gasteiger partial charge in [-0.05, 0) is 19.4 Å². The fourth-order valence-corrected chi connectivity index (χ4v) is 0.689. The summed E-state index contributed by atoms with van der Waals surface area (Å²) in [6, 6.07) is 0. The smallest absolute Gasteiger partial charge is 0.0458 e. The van der Waals surface area contributed by atoms with E-state index in [1.54, 1.807) is 0 Å². The molecule has 1 N–H and O–H groups in total. The summed E-state index contributed by atoms with van der Waals surface area (Å²) < 4.78 is 0. The molecule has 0 aliphatic rings. The highest BCUT2D eigenvalue weighted by atomic mass is 35.5. The fourth-order valence-electron chi connectivity index (χ4n) is 0.580. The number of rotatable bonds is 5. The Morgan fingerprint density at radius 1 is 1.44 bits per heavy atom. The summed E-state index contributed by atoms with van der Waals surface area (Å²) in [6.07, 6.45) is 2.24. The lowest BCUT2D eigenvalue weighted by atomic mass is 10.3. The van der Waals surface area contributed by atoms with E-state index in [1.165, 1.54) is 6.42 Å². The van der Waals surface area contributed by atoms with E-state index >= 15 is 0 Å². The summed E-state index contributed by atoms with van der Waals surface area (Å²) in [5, 5.41) is 3.57. The van der Waals surface area contributed by atoms with Crippen molar-refractivity contribution in [3.63, 3.8) is 0 Å². The van der Waals surface area contributed by atoms with Gasteiger partial charge in [-0.2, -0.15) is 0 Å². The third-order valence-corrected chi connectivity index (χ3v) is 1.70. The van der Waals surface area contributed by atoms with Crippen LogP contribution < -0.4 is 5.32 Å². The van der Waals surface area contributed by atoms with E-state index in [2.05, 4.69) is 19.2 Å². The van der Waals surface area contributed by atoms with Crippen molar-refractivity contribution < 1.29 is 0 Å². The Morgan fingerprint density at radius 2 is 2.11 bits per heavy atom. The molecule has 1 nitrogen and oxygen atoms in total. The first kappa shape index (κ1) is 9.25. The summed E-state index contributed by atoms with van der Waals surface area (Å²) in [5.74, 6) is 0. The largest absolute Gasteiger partial charge is 0.315 e. The van der Waals surface area contributed by atoms with Gasteiger partial charge in [0.2, 0.25) is 0 Å². The normalized spacial score (nSPS) is 13.7. The second-order valence-electron chi connectivity index (χ2n) is 2.21. The highest BCUT2D eigenvalue weighted by Crippen LogP contribution is 1.97. The first-order chi connectivity index (χ1) is 4.31. The summed E-state index contributed by atoms with van der Waals surface area (Å²) in [6.45, 7) is 6.29. The molecule has 0 radical (unpaired) electrons. The molecule has 1 atom stereocenters. The molecule has 0 aromatic rings. The molecule has 0 heterocycles. The van der Waals surface area contributed by atoms with Crippen LogP contribution in [-0.2, 0) is 0 Å². The van der Waals surface area contributed by atoms with Gasteiger partial charge in [-0.25, -0.2) is 0 Å². The summed E-state index contributed by atoms with van der Waals surface area (Å²) in [5.41, 5.74) is 0. The molecule has 0 aromatic heterocycles. The Morgan fingerprint density at radius 3 is 2.56 bits per heavy atom. The van der Waals surface area contributed by atoms with Crippen LogP contribution in [0.4, 0.5) is 0 Å². The number of hydrogen-bond acceptors (Lipinski definition) is 1. The average molecular weight is 150 g/mol. The van der Waals surface area contributed by atoms with Crippen molar-refractivity contribution in [1.29, 1.82) is 0 Å². The van der Waals surface area contributed by atoms with E-state index in [4.69, 9.17) is 11.6 Å². The third kappa shape index (κ3) is 6.13. The van der Waals surface area contributed by atoms with Gasteiger partial charge in [0.05, 0.1) is 0 Å². The molecule has 0 saturated heterocycles. The minimum Gasteiger partial charge on any atom is -0.315 e. The first-order valence-corrected chi connectivity index (χ1v) is 4.09. The molecule has 1 unspecified atom stereocenters. The van der Waals surface area contributed by atoms with Crippen molar-refractivity contribution in [2.75, 3.05) is 13.1 Å². The maximum Gasteiger partial charge on any atom is 0.0458 e. The Bertz CT molecular complexity index is 56.9. The zero-order chi connectivity index (χ0) is 7.11. The SMILES string of the molecule is CCCNCC(Cl)CC. The summed E-state index contributed by atoms with van der Waals surface area (Å²) in [4.78, 5) is 0. The Kier molecular flexibility index (Phi) is 6.55. The van der Waals surface area contributed by atoms with Crippen molar-refractivity contribution in [1.82, 2.24) is 5.32 Å². The molecule has 0 rings (SSSR count). The van der Waals surface area contributed by atoms with Crippen LogP contribution in [0, 0.1) is 0 Å². The fraction of sp³-hybridized carbons (Fsp3) is 1.00. The van der Waals surface area contributed by atoms with Gasteiger partial charge in [0.15, 0.2) is 0 Å². The quantitative estimate of drug-likeness (QED) is 0.466. The Hall–Kier alpha value is 0.250. The van der Waals surface area contributed by atoms with E-state index in [0.717, 1.165) is 19.5 Å². The van der Waals surface area contributed by atoms with E-state index in [1.807, 2.05) is 0 Å². The number of halogens is 1. The average Bonchev–Trinajstić information content (AvgIpc) is 1.89. The van der Waals surface area contributed by atoms with Gasteiger partial charge in [0, 0.05) is 11.9 Å². The van der Waals surface area contributed by atoms with Crippen LogP contribution in [0.5, 0.6) is 0 Å². The van der Waals surface area contributed by atoms with Crippen LogP contribution in [0.15, 0.2) is 0 Å². The first-order valence-electron chi connectivity index (χ1n) is 3.66. The van der Waals surface area contributed by atoms with Crippen LogP contribution in [0.1, 0.15) is 26.7 Å². The second kappa shape index (κ2) is 6.37. The van der Waals surface area contributed by atoms with Crippen LogP contribution in [0.25, 0.3) is 0 Å². The van der Waals surface area contributed by atoms with Gasteiger partial charge >= 0.3 is 0 Å². The van der Waals surface area contributed by atoms with Crippen LogP contribution in [-0.4, -0.2) is 18.5 Å². The van der Waals surface area contributed by atoms with Gasteiger partial charge in [-0.1, -0.05) is 13.8 Å². The number of nitrogens with one attached hydrogen (secondary N) is 1. The molecule has 2 heteroatoms. The van der Waals surface area contributed by atoms with Crippen LogP contribution >= 0.6 is 11.6 Å². The van der Waals surface area contributed by atoms with Crippen molar-refractivity contribution in [2.24, 2.45) is 0 Å². The van der Waals surface area contributed by atoms with Crippen molar-refractivity contribution in [3.8, 4) is 0 Å². The zero-order valence-corrected chi connectivity index (χ0v) is 7.04. The molecule has 0 fully saturated rings. The lowest BCUT2D eigenvalue weighted by Gasteiger charge is -2.05. The summed E-state index contributed by atoms with van der Waals surface area (Å²) in [7, 11) is 0. The topological polar surface area (TPSA) is 12.0 Å². The molecular weight excluding hydrogens is 134 g/mol. The maximum absolute atomic E-state index is 5.84. The molecule has 0 spiro atoms. The van der Waals surface area contributed by atoms with Gasteiger partial charge < -0.3 is 5.32 Å². The van der Waals surface area contributed by atoms with Gasteiger partial charge in [-0.3, -0.25) is 0 Å². The lowest BCUT2D eigenvalue weighted by Crippen LogP contribution is -2.23. The van der Waals surface area contributed by atoms with E-state index in [0.29, 0.717) is 5.38 Å². The van der Waals surface area contributed by atoms with E-state index < -0.39 is 0 Å². The molecule has 0 saturated carbocycles. The van der Waals surface area contributed by atoms with Crippen molar-refractivity contribution in [2.45, 2.75) is 32.1 Å². The van der Waals surface area contributed by atoms with Gasteiger partial charge in [0.1, 0.15) is 0 Å². The van der Waals surface area contributed by atoms with Crippen molar-refractivity contribution >= 4 is 11.6 Å². The van der Waals surface area contributed by atoms with E-state index in [9.17, 15) is 0 Å². The molecule has 0 aliphatic carbocycles. The highest BCUT2D eigenvalue weighted by molar-refractivity contribution is 6.20. The van der Waals surface area contributed by atoms with Gasteiger partial charge in [0.25, 0.3) is 0 Å². The minimum absolute atomic E-state index is 0.316. The minimum atomic E-state index is 0.316. The Balaban J connectivity index is 2.88. The molecule has 0 aliphatic heterocycles. The highest BCUT2D eigenvalue weighted by Gasteiger charge is 1.97. The molecule has 9 heavy (non-hydrogen) atoms. The van der Waals surface area contributed by atoms with Gasteiger partial charge in [-0.15, -0.1) is 11.6 Å². The molecule has 0 bridgehead atoms. The maximum atomic E-state index is 5.84.